The molecule has 2 heterocycles. The van der Waals surface area contributed by atoms with Gasteiger partial charge in [0, 0.05) is 25.3 Å². The molecule has 9 nitrogen and oxygen atoms in total. The van der Waals surface area contributed by atoms with Gasteiger partial charge in [0.05, 0.1) is 11.8 Å². The summed E-state index contributed by atoms with van der Waals surface area (Å²) in [4.78, 5) is 12.3. The molecule has 9 heteroatoms. The highest BCUT2D eigenvalue weighted by Crippen LogP contribution is 2.16. The van der Waals surface area contributed by atoms with Crippen molar-refractivity contribution in [2.24, 2.45) is 0 Å². The molecule has 0 saturated carbocycles. The van der Waals surface area contributed by atoms with Gasteiger partial charge in [0.25, 0.3) is 5.91 Å². The van der Waals surface area contributed by atoms with Gasteiger partial charge in [-0.05, 0) is 59.7 Å². The molecular weight excluding hydrogens is 384 g/mol. The van der Waals surface area contributed by atoms with Gasteiger partial charge in [0.2, 0.25) is 5.95 Å². The smallest absolute Gasteiger partial charge is 0.251 e. The molecule has 0 spiro atoms. The standard InChI is InChI=1S/C21H24N6O3/c28-20(16-8-10-18(11-9-16)30-15-19-7-4-14-29-19)22-12-13-23-21-24-25-26-27(21)17-5-2-1-3-6-17/h1-3,5-6,8-11,19H,4,7,12-15H2,(H,22,28)(H,23,24,26). The van der Waals surface area contributed by atoms with Crippen molar-refractivity contribution < 1.29 is 14.3 Å². The fraction of sp³-hybridized carbons (Fsp3) is 0.333. The summed E-state index contributed by atoms with van der Waals surface area (Å²) >= 11 is 0. The van der Waals surface area contributed by atoms with Crippen molar-refractivity contribution in [2.75, 3.05) is 31.6 Å². The average Bonchev–Trinajstić information content (AvgIpc) is 3.48. The zero-order chi connectivity index (χ0) is 20.6. The van der Waals surface area contributed by atoms with Crippen LogP contribution in [0.4, 0.5) is 5.95 Å². The van der Waals surface area contributed by atoms with Crippen LogP contribution in [-0.4, -0.2) is 58.5 Å². The Balaban J connectivity index is 1.21. The van der Waals surface area contributed by atoms with Crippen LogP contribution >= 0.6 is 0 Å². The molecule has 30 heavy (non-hydrogen) atoms. The normalized spacial score (nSPS) is 15.7. The van der Waals surface area contributed by atoms with E-state index >= 15 is 0 Å². The highest BCUT2D eigenvalue weighted by molar-refractivity contribution is 5.94. The molecule has 3 aromatic rings. The van der Waals surface area contributed by atoms with Crippen molar-refractivity contribution in [1.29, 1.82) is 0 Å². The lowest BCUT2D eigenvalue weighted by Gasteiger charge is -2.12. The molecule has 1 aromatic heterocycles. The maximum absolute atomic E-state index is 12.3. The van der Waals surface area contributed by atoms with Crippen molar-refractivity contribution in [3.63, 3.8) is 0 Å². The van der Waals surface area contributed by atoms with Crippen molar-refractivity contribution in [2.45, 2.75) is 18.9 Å². The summed E-state index contributed by atoms with van der Waals surface area (Å²) in [5.74, 6) is 1.10. The van der Waals surface area contributed by atoms with Gasteiger partial charge in [-0.1, -0.05) is 23.3 Å². The lowest BCUT2D eigenvalue weighted by Crippen LogP contribution is -2.29. The zero-order valence-electron chi connectivity index (χ0n) is 16.5. The van der Waals surface area contributed by atoms with Gasteiger partial charge in [-0.15, -0.1) is 0 Å². The molecule has 1 atom stereocenters. The van der Waals surface area contributed by atoms with Crippen LogP contribution in [0.25, 0.3) is 5.69 Å². The van der Waals surface area contributed by atoms with Gasteiger partial charge >= 0.3 is 0 Å². The van der Waals surface area contributed by atoms with Crippen LogP contribution in [0.1, 0.15) is 23.2 Å². The molecule has 2 aromatic carbocycles. The third-order valence-electron chi connectivity index (χ3n) is 4.74. The molecule has 4 rings (SSSR count). The molecule has 1 aliphatic heterocycles. The summed E-state index contributed by atoms with van der Waals surface area (Å²) < 4.78 is 12.9. The molecule has 0 bridgehead atoms. The van der Waals surface area contributed by atoms with Crippen molar-refractivity contribution in [3.05, 3.63) is 60.2 Å². The van der Waals surface area contributed by atoms with Gasteiger partial charge in [-0.2, -0.15) is 4.68 Å². The number of nitrogens with one attached hydrogen (secondary N) is 2. The second kappa shape index (κ2) is 9.84. The molecule has 1 aliphatic rings. The monoisotopic (exact) mass is 408 g/mol. The Morgan fingerprint density at radius 1 is 1.13 bits per heavy atom. The fourth-order valence-corrected chi connectivity index (χ4v) is 3.16. The number of anilines is 1. The predicted molar refractivity (Wildman–Crippen MR) is 111 cm³/mol. The molecule has 0 aliphatic carbocycles. The molecule has 0 radical (unpaired) electrons. The van der Waals surface area contributed by atoms with Crippen molar-refractivity contribution in [1.82, 2.24) is 25.5 Å². The third kappa shape index (κ3) is 5.12. The van der Waals surface area contributed by atoms with E-state index < -0.39 is 0 Å². The van der Waals surface area contributed by atoms with Gasteiger partial charge in [0.1, 0.15) is 12.4 Å². The first-order valence-electron chi connectivity index (χ1n) is 10.00. The van der Waals surface area contributed by atoms with Gasteiger partial charge < -0.3 is 20.1 Å². The van der Waals surface area contributed by atoms with Crippen LogP contribution in [0.2, 0.25) is 0 Å². The summed E-state index contributed by atoms with van der Waals surface area (Å²) in [5.41, 5.74) is 1.43. The predicted octanol–water partition coefficient (Wildman–Crippen LogP) is 2.06. The number of hydrogen-bond donors (Lipinski definition) is 2. The summed E-state index contributed by atoms with van der Waals surface area (Å²) in [6.07, 6.45) is 2.29. The first kappa shape index (κ1) is 19.8. The second-order valence-corrected chi connectivity index (χ2v) is 6.90. The summed E-state index contributed by atoms with van der Waals surface area (Å²) in [5, 5.41) is 17.7. The van der Waals surface area contributed by atoms with Crippen LogP contribution in [0.15, 0.2) is 54.6 Å². The maximum atomic E-state index is 12.3. The maximum Gasteiger partial charge on any atom is 0.251 e. The second-order valence-electron chi connectivity index (χ2n) is 6.90. The minimum absolute atomic E-state index is 0.148. The number of tetrazole rings is 1. The topological polar surface area (TPSA) is 103 Å². The van der Waals surface area contributed by atoms with Crippen molar-refractivity contribution >= 4 is 11.9 Å². The van der Waals surface area contributed by atoms with Crippen LogP contribution in [-0.2, 0) is 4.74 Å². The van der Waals surface area contributed by atoms with E-state index in [1.54, 1.807) is 28.9 Å². The fourth-order valence-electron chi connectivity index (χ4n) is 3.16. The highest BCUT2D eigenvalue weighted by Gasteiger charge is 2.16. The molecule has 156 valence electrons. The van der Waals surface area contributed by atoms with E-state index in [0.29, 0.717) is 31.2 Å². The zero-order valence-corrected chi connectivity index (χ0v) is 16.5. The molecule has 2 N–H and O–H groups in total. The number of rotatable bonds is 9. The quantitative estimate of drug-likeness (QED) is 0.523. The molecule has 1 unspecified atom stereocenters. The van der Waals surface area contributed by atoms with Gasteiger partial charge in [-0.25, -0.2) is 0 Å². The number of hydrogen-bond acceptors (Lipinski definition) is 7. The Labute approximate surface area is 174 Å². The first-order chi connectivity index (χ1) is 14.8. The summed E-state index contributed by atoms with van der Waals surface area (Å²) in [6.45, 7) is 2.27. The highest BCUT2D eigenvalue weighted by atomic mass is 16.5. The van der Waals surface area contributed by atoms with Gasteiger partial charge in [-0.3, -0.25) is 4.79 Å². The van der Waals surface area contributed by atoms with Crippen LogP contribution < -0.4 is 15.4 Å². The Bertz CT molecular complexity index is 939. The van der Waals surface area contributed by atoms with E-state index in [4.69, 9.17) is 9.47 Å². The number of ether oxygens (including phenoxy) is 2. The lowest BCUT2D eigenvalue weighted by atomic mass is 10.2. The third-order valence-corrected chi connectivity index (χ3v) is 4.74. The SMILES string of the molecule is O=C(NCCNc1nnnn1-c1ccccc1)c1ccc(OCC2CCCO2)cc1. The largest absolute Gasteiger partial charge is 0.491 e. The number of para-hydroxylation sites is 1. The number of amides is 1. The minimum Gasteiger partial charge on any atom is -0.491 e. The number of carbonyl (C=O) groups excluding carboxylic acids is 1. The Morgan fingerprint density at radius 2 is 1.97 bits per heavy atom. The van der Waals surface area contributed by atoms with E-state index in [2.05, 4.69) is 26.2 Å². The number of carbonyl (C=O) groups is 1. The van der Waals surface area contributed by atoms with Crippen LogP contribution in [0.3, 0.4) is 0 Å². The van der Waals surface area contributed by atoms with Gasteiger partial charge in [0.15, 0.2) is 0 Å². The lowest BCUT2D eigenvalue weighted by molar-refractivity contribution is 0.0679. The van der Waals surface area contributed by atoms with E-state index in [1.807, 2.05) is 30.3 Å². The number of aromatic nitrogens is 4. The molecule has 1 fully saturated rings. The van der Waals surface area contributed by atoms with Crippen LogP contribution in [0, 0.1) is 0 Å². The minimum atomic E-state index is -0.148. The van der Waals surface area contributed by atoms with Crippen LogP contribution in [0.5, 0.6) is 5.75 Å². The average molecular weight is 408 g/mol. The number of nitrogens with zero attached hydrogens (tertiary/aromatic N) is 4. The number of benzene rings is 2. The van der Waals surface area contributed by atoms with Crippen molar-refractivity contribution in [3.8, 4) is 11.4 Å². The van der Waals surface area contributed by atoms with E-state index in [1.165, 1.54) is 0 Å². The van der Waals surface area contributed by atoms with E-state index in [0.717, 1.165) is 30.9 Å². The summed E-state index contributed by atoms with van der Waals surface area (Å²) in [7, 11) is 0. The van der Waals surface area contributed by atoms with E-state index in [9.17, 15) is 4.79 Å². The molecule has 1 saturated heterocycles. The Kier molecular flexibility index (Phi) is 6.51. The van der Waals surface area contributed by atoms with E-state index in [-0.39, 0.29) is 12.0 Å². The Morgan fingerprint density at radius 3 is 2.73 bits per heavy atom. The molecule has 1 amide bonds. The Hall–Kier alpha value is -3.46. The first-order valence-corrected chi connectivity index (χ1v) is 10.00. The molecular formula is C21H24N6O3. The summed E-state index contributed by atoms with van der Waals surface area (Å²) in [6, 6.07) is 16.7.